The van der Waals surface area contributed by atoms with Gasteiger partial charge in [-0.1, -0.05) is 23.0 Å². The molecule has 24 heavy (non-hydrogen) atoms. The first-order chi connectivity index (χ1) is 9.61. The van der Waals surface area contributed by atoms with Gasteiger partial charge in [-0.25, -0.2) is 19.9 Å². The van der Waals surface area contributed by atoms with E-state index in [0.29, 0.717) is 0 Å². The Balaban J connectivity index is 0.00000132. The molecule has 2 heterocycles. The van der Waals surface area contributed by atoms with Crippen molar-refractivity contribution in [1.29, 1.82) is 0 Å². The van der Waals surface area contributed by atoms with Crippen LogP contribution in [0.5, 0.6) is 23.0 Å². The van der Waals surface area contributed by atoms with E-state index in [1.807, 2.05) is 0 Å². The summed E-state index contributed by atoms with van der Waals surface area (Å²) in [7, 11) is 0. The average molecular weight is 294 g/mol. The fraction of sp³-hybridized carbons (Fsp3) is 0. The third-order valence-electron chi connectivity index (χ3n) is 3.22. The van der Waals surface area contributed by atoms with Gasteiger partial charge in [0.25, 0.3) is 0 Å². The maximum atomic E-state index is 12.0. The van der Waals surface area contributed by atoms with E-state index in [-0.39, 0.29) is 108 Å². The van der Waals surface area contributed by atoms with E-state index in [9.17, 15) is 20.4 Å². The van der Waals surface area contributed by atoms with E-state index in [4.69, 9.17) is 0 Å². The minimum Gasteiger partial charge on any atom is -0.871 e. The first-order valence-corrected chi connectivity index (χ1v) is 5.49. The van der Waals surface area contributed by atoms with Crippen molar-refractivity contribution in [3.05, 3.63) is 12.7 Å². The van der Waals surface area contributed by atoms with Crippen molar-refractivity contribution < 1.29 is 95.9 Å². The van der Waals surface area contributed by atoms with Crippen LogP contribution in [0.1, 0.15) is 0 Å². The molecule has 2 aromatic heterocycles. The molecule has 0 unspecified atom stereocenters. The van der Waals surface area contributed by atoms with Crippen molar-refractivity contribution in [2.45, 2.75) is 0 Å². The zero-order valence-corrected chi connectivity index (χ0v) is 13.6. The van der Waals surface area contributed by atoms with Gasteiger partial charge in [-0.05, 0) is 0 Å². The monoisotopic (exact) mass is 294 g/mol. The molecule has 0 N–H and O–H groups in total. The second kappa shape index (κ2) is 8.07. The number of nitrogens with zero attached hydrogens (tertiary/aromatic N) is 4. The van der Waals surface area contributed by atoms with Crippen LogP contribution in [0, 0.1) is 0 Å². The Labute approximate surface area is 183 Å². The average Bonchev–Trinajstić information content (AvgIpc) is 2.48. The molecule has 0 fully saturated rings. The molecular formula is C12H2Li4N4O4. The van der Waals surface area contributed by atoms with Gasteiger partial charge in [0.1, 0.15) is 12.7 Å². The molecule has 2 aromatic carbocycles. The number of aromatic nitrogens is 4. The van der Waals surface area contributed by atoms with Crippen molar-refractivity contribution in [3.8, 4) is 23.0 Å². The van der Waals surface area contributed by atoms with Crippen molar-refractivity contribution >= 4 is 32.8 Å². The van der Waals surface area contributed by atoms with E-state index in [0.717, 1.165) is 12.7 Å². The normalized spacial score (nSPS) is 9.83. The summed E-state index contributed by atoms with van der Waals surface area (Å²) >= 11 is 0. The molecule has 4 aromatic rings. The second-order valence-electron chi connectivity index (χ2n) is 4.21. The quantitative estimate of drug-likeness (QED) is 0.229. The van der Waals surface area contributed by atoms with Gasteiger partial charge in [-0.15, -0.1) is 0 Å². The fourth-order valence-electron chi connectivity index (χ4n) is 2.36. The van der Waals surface area contributed by atoms with Gasteiger partial charge in [-0.3, -0.25) is 0 Å². The Morgan fingerprint density at radius 2 is 0.667 bits per heavy atom. The molecule has 0 amide bonds. The number of hydrogen-bond acceptors (Lipinski definition) is 8. The SMILES string of the molecule is [Li+].[Li+].[Li+].[Li+].[O-]c1c([O-])c2ncnc3c([O-])c([O-])c4ncnc1c4c23. The molecule has 0 aliphatic carbocycles. The third kappa shape index (κ3) is 2.85. The van der Waals surface area contributed by atoms with Gasteiger partial charge >= 0.3 is 75.4 Å². The largest absolute Gasteiger partial charge is 1.00 e. The number of benzene rings is 2. The van der Waals surface area contributed by atoms with Crippen LogP contribution in [-0.4, -0.2) is 19.9 Å². The Bertz CT molecular complexity index is 863. The second-order valence-corrected chi connectivity index (χ2v) is 4.21. The van der Waals surface area contributed by atoms with Crippen LogP contribution >= 0.6 is 0 Å². The minimum absolute atomic E-state index is 0. The van der Waals surface area contributed by atoms with Crippen LogP contribution in [0.2, 0.25) is 0 Å². The van der Waals surface area contributed by atoms with E-state index >= 15 is 0 Å². The van der Waals surface area contributed by atoms with E-state index in [2.05, 4.69) is 19.9 Å². The van der Waals surface area contributed by atoms with Gasteiger partial charge in [0.2, 0.25) is 0 Å². The van der Waals surface area contributed by atoms with Crippen LogP contribution in [0.15, 0.2) is 12.7 Å². The Morgan fingerprint density at radius 3 is 0.875 bits per heavy atom. The molecule has 0 aliphatic heterocycles. The first-order valence-electron chi connectivity index (χ1n) is 5.49. The van der Waals surface area contributed by atoms with Crippen LogP contribution in [0.25, 0.3) is 32.8 Å². The van der Waals surface area contributed by atoms with E-state index in [1.54, 1.807) is 0 Å². The Kier molecular flexibility index (Phi) is 7.81. The molecule has 0 radical (unpaired) electrons. The summed E-state index contributed by atoms with van der Waals surface area (Å²) in [5.74, 6) is -3.49. The molecule has 0 atom stereocenters. The molecule has 12 heteroatoms. The van der Waals surface area contributed by atoms with E-state index < -0.39 is 23.0 Å². The molecular weight excluding hydrogens is 292 g/mol. The topological polar surface area (TPSA) is 144 Å². The molecule has 4 rings (SSSR count). The van der Waals surface area contributed by atoms with Gasteiger partial charge in [0.15, 0.2) is 0 Å². The summed E-state index contributed by atoms with van der Waals surface area (Å²) in [6.45, 7) is 0. The predicted octanol–water partition coefficient (Wildman–Crippen LogP) is -13.5. The van der Waals surface area contributed by atoms with Crippen molar-refractivity contribution in [1.82, 2.24) is 19.9 Å². The predicted molar refractivity (Wildman–Crippen MR) is 59.1 cm³/mol. The zero-order chi connectivity index (χ0) is 14.0. The molecule has 0 spiro atoms. The number of hydrogen-bond donors (Lipinski definition) is 0. The minimum atomic E-state index is -0.872. The summed E-state index contributed by atoms with van der Waals surface area (Å²) in [4.78, 5) is 15.0. The van der Waals surface area contributed by atoms with Crippen molar-refractivity contribution in [3.63, 3.8) is 0 Å². The maximum absolute atomic E-state index is 12.0. The zero-order valence-electron chi connectivity index (χ0n) is 13.6. The fourth-order valence-corrected chi connectivity index (χ4v) is 2.36. The third-order valence-corrected chi connectivity index (χ3v) is 3.22. The van der Waals surface area contributed by atoms with Gasteiger partial charge in [0, 0.05) is 10.8 Å². The van der Waals surface area contributed by atoms with E-state index in [1.165, 1.54) is 0 Å². The number of rotatable bonds is 0. The summed E-state index contributed by atoms with van der Waals surface area (Å²) in [5, 5.41) is 48.0. The van der Waals surface area contributed by atoms with Crippen LogP contribution in [-0.2, 0) is 0 Å². The smallest absolute Gasteiger partial charge is 0.871 e. The summed E-state index contributed by atoms with van der Waals surface area (Å²) in [5.41, 5.74) is -0.761. The molecule has 0 bridgehead atoms. The molecule has 0 saturated carbocycles. The van der Waals surface area contributed by atoms with Crippen LogP contribution < -0.4 is 95.9 Å². The van der Waals surface area contributed by atoms with Crippen molar-refractivity contribution in [2.24, 2.45) is 0 Å². The summed E-state index contributed by atoms with van der Waals surface area (Å²) in [6.07, 6.45) is 1.95. The van der Waals surface area contributed by atoms with Crippen LogP contribution in [0.4, 0.5) is 0 Å². The van der Waals surface area contributed by atoms with Crippen molar-refractivity contribution in [2.75, 3.05) is 0 Å². The summed E-state index contributed by atoms with van der Waals surface area (Å²) < 4.78 is 0. The Hall–Kier alpha value is -0.770. The van der Waals surface area contributed by atoms with Crippen LogP contribution in [0.3, 0.4) is 0 Å². The maximum Gasteiger partial charge on any atom is 1.00 e. The Morgan fingerprint density at radius 1 is 0.458 bits per heavy atom. The van der Waals surface area contributed by atoms with Gasteiger partial charge in [-0.2, -0.15) is 0 Å². The molecule has 0 aliphatic rings. The van der Waals surface area contributed by atoms with Gasteiger partial charge in [0.05, 0.1) is 22.1 Å². The standard InChI is InChI=1S/C12H6N4O4.4Li/c17-9-5-3-4-7(11(9)19)15-2-16-8(4)12(20)10(18)6(3)14-1-13-5;;;;/h1-2,17-20H;;;;/q;4*+1/p-4. The molecule has 0 saturated heterocycles. The molecule has 98 valence electrons. The molecule has 8 nitrogen and oxygen atoms in total. The summed E-state index contributed by atoms with van der Waals surface area (Å²) in [6, 6.07) is 0. The first kappa shape index (κ1) is 23.2. The van der Waals surface area contributed by atoms with Gasteiger partial charge < -0.3 is 20.4 Å².